The SMILES string of the molecule is O=C(c1csc(COc2ccc3c(c2)C(c2ccc(F)cc2)N(C(=O)C2CCCC2)CC3)n1)N1CCOCC1. The summed E-state index contributed by atoms with van der Waals surface area (Å²) in [6.45, 7) is 3.13. The maximum absolute atomic E-state index is 13.8. The summed E-state index contributed by atoms with van der Waals surface area (Å²) in [7, 11) is 0. The zero-order chi connectivity index (χ0) is 26.8. The number of thiazole rings is 1. The number of morpholine rings is 1. The van der Waals surface area contributed by atoms with Crippen molar-refractivity contribution in [3.63, 3.8) is 0 Å². The number of amides is 2. The van der Waals surface area contributed by atoms with Gasteiger partial charge in [-0.2, -0.15) is 0 Å². The van der Waals surface area contributed by atoms with E-state index in [1.165, 1.54) is 29.0 Å². The Morgan fingerprint density at radius 3 is 2.59 bits per heavy atom. The molecule has 6 rings (SSSR count). The van der Waals surface area contributed by atoms with Crippen molar-refractivity contribution in [3.05, 3.63) is 81.1 Å². The molecule has 0 spiro atoms. The number of ether oxygens (including phenoxy) is 2. The third-order valence-electron chi connectivity index (χ3n) is 7.95. The summed E-state index contributed by atoms with van der Waals surface area (Å²) in [6, 6.07) is 12.2. The van der Waals surface area contributed by atoms with Crippen LogP contribution in [0.1, 0.15) is 63.9 Å². The summed E-state index contributed by atoms with van der Waals surface area (Å²) in [6.07, 6.45) is 4.83. The average molecular weight is 550 g/mol. The first-order valence-corrected chi connectivity index (χ1v) is 14.6. The predicted molar refractivity (Wildman–Crippen MR) is 145 cm³/mol. The Kier molecular flexibility index (Phi) is 7.61. The predicted octanol–water partition coefficient (Wildman–Crippen LogP) is 5.00. The molecule has 1 aliphatic carbocycles. The van der Waals surface area contributed by atoms with Crippen LogP contribution in [0.4, 0.5) is 4.39 Å². The molecule has 39 heavy (non-hydrogen) atoms. The smallest absolute Gasteiger partial charge is 0.273 e. The van der Waals surface area contributed by atoms with Crippen molar-refractivity contribution in [2.75, 3.05) is 32.8 Å². The molecule has 7 nitrogen and oxygen atoms in total. The minimum Gasteiger partial charge on any atom is -0.486 e. The van der Waals surface area contributed by atoms with Gasteiger partial charge in [-0.15, -0.1) is 11.3 Å². The largest absolute Gasteiger partial charge is 0.486 e. The van der Waals surface area contributed by atoms with Crippen LogP contribution in [-0.2, 0) is 22.6 Å². The highest BCUT2D eigenvalue weighted by molar-refractivity contribution is 7.09. The topological polar surface area (TPSA) is 72.0 Å². The summed E-state index contributed by atoms with van der Waals surface area (Å²) < 4.78 is 25.3. The number of hydrogen-bond donors (Lipinski definition) is 0. The number of aromatic nitrogens is 1. The van der Waals surface area contributed by atoms with Crippen molar-refractivity contribution in [2.24, 2.45) is 5.92 Å². The number of carbonyl (C=O) groups is 2. The maximum Gasteiger partial charge on any atom is 0.273 e. The lowest BCUT2D eigenvalue weighted by molar-refractivity contribution is -0.137. The number of fused-ring (bicyclic) bond motifs is 1. The van der Waals surface area contributed by atoms with Crippen LogP contribution in [0.3, 0.4) is 0 Å². The molecule has 0 radical (unpaired) electrons. The van der Waals surface area contributed by atoms with Crippen LogP contribution in [0.2, 0.25) is 0 Å². The quantitative estimate of drug-likeness (QED) is 0.433. The van der Waals surface area contributed by atoms with Crippen molar-refractivity contribution in [1.29, 1.82) is 0 Å². The number of nitrogens with zero attached hydrogens (tertiary/aromatic N) is 3. The van der Waals surface area contributed by atoms with Gasteiger partial charge >= 0.3 is 0 Å². The third-order valence-corrected chi connectivity index (χ3v) is 8.77. The third kappa shape index (κ3) is 5.56. The molecule has 3 aromatic rings. The van der Waals surface area contributed by atoms with Gasteiger partial charge in [0, 0.05) is 30.9 Å². The summed E-state index contributed by atoms with van der Waals surface area (Å²) in [5.74, 6) is 0.554. The molecule has 0 bridgehead atoms. The molecule has 2 fully saturated rings. The number of hydrogen-bond acceptors (Lipinski definition) is 6. The lowest BCUT2D eigenvalue weighted by atomic mass is 9.87. The summed E-state index contributed by atoms with van der Waals surface area (Å²) in [4.78, 5) is 34.6. The van der Waals surface area contributed by atoms with Crippen LogP contribution in [-0.4, -0.2) is 59.4 Å². The molecule has 2 aliphatic heterocycles. The highest BCUT2D eigenvalue weighted by atomic mass is 32.1. The van der Waals surface area contributed by atoms with Crippen molar-refractivity contribution in [3.8, 4) is 5.75 Å². The molecule has 9 heteroatoms. The van der Waals surface area contributed by atoms with Crippen LogP contribution in [0.5, 0.6) is 5.75 Å². The first-order chi connectivity index (χ1) is 19.1. The van der Waals surface area contributed by atoms with Gasteiger partial charge in [-0.3, -0.25) is 9.59 Å². The standard InChI is InChI=1S/C30H32FN3O4S/c31-23-8-5-21(6-9-23)28-25-17-24(10-7-20(25)11-12-34(28)29(35)22-3-1-2-4-22)38-18-27-32-26(19-39-27)30(36)33-13-15-37-16-14-33/h5-10,17,19,22,28H,1-4,11-16,18H2. The second-order valence-electron chi connectivity index (χ2n) is 10.4. The molecule has 1 saturated carbocycles. The molecule has 0 N–H and O–H groups in total. The van der Waals surface area contributed by atoms with Crippen molar-refractivity contribution in [2.45, 2.75) is 44.8 Å². The summed E-state index contributed by atoms with van der Waals surface area (Å²) in [5, 5.41) is 2.50. The van der Waals surface area contributed by atoms with Gasteiger partial charge in [-0.05, 0) is 60.2 Å². The molecule has 2 amide bonds. The van der Waals surface area contributed by atoms with Gasteiger partial charge in [0.05, 0.1) is 19.3 Å². The lowest BCUT2D eigenvalue weighted by Gasteiger charge is -2.39. The zero-order valence-electron chi connectivity index (χ0n) is 21.8. The Morgan fingerprint density at radius 2 is 1.82 bits per heavy atom. The fraction of sp³-hybridized carbons (Fsp3) is 0.433. The molecule has 3 heterocycles. The second-order valence-corrected chi connectivity index (χ2v) is 11.3. The Bertz CT molecular complexity index is 1330. The van der Waals surface area contributed by atoms with E-state index in [4.69, 9.17) is 9.47 Å². The minimum atomic E-state index is -0.296. The average Bonchev–Trinajstić information content (AvgIpc) is 3.69. The van der Waals surface area contributed by atoms with Gasteiger partial charge in [-0.1, -0.05) is 31.0 Å². The number of rotatable bonds is 6. The van der Waals surface area contributed by atoms with Crippen LogP contribution in [0.25, 0.3) is 0 Å². The molecule has 1 aromatic heterocycles. The Labute approximate surface area is 231 Å². The first-order valence-electron chi connectivity index (χ1n) is 13.7. The van der Waals surface area contributed by atoms with Gasteiger partial charge in [0.25, 0.3) is 5.91 Å². The molecule has 1 saturated heterocycles. The second kappa shape index (κ2) is 11.4. The van der Waals surface area contributed by atoms with E-state index >= 15 is 0 Å². The summed E-state index contributed by atoms with van der Waals surface area (Å²) in [5.41, 5.74) is 3.51. The Morgan fingerprint density at radius 1 is 1.05 bits per heavy atom. The molecular formula is C30H32FN3O4S. The first kappa shape index (κ1) is 26.0. The fourth-order valence-electron chi connectivity index (χ4n) is 5.88. The minimum absolute atomic E-state index is 0.0632. The monoisotopic (exact) mass is 549 g/mol. The van der Waals surface area contributed by atoms with Gasteiger partial charge in [-0.25, -0.2) is 9.37 Å². The molecule has 3 aliphatic rings. The van der Waals surface area contributed by atoms with Gasteiger partial charge < -0.3 is 19.3 Å². The number of carbonyl (C=O) groups excluding carboxylic acids is 2. The highest BCUT2D eigenvalue weighted by Gasteiger charge is 2.36. The van der Waals surface area contributed by atoms with Crippen molar-refractivity contribution < 1.29 is 23.5 Å². The molecule has 2 aromatic carbocycles. The van der Waals surface area contributed by atoms with E-state index in [1.54, 1.807) is 22.4 Å². The number of benzene rings is 2. The fourth-order valence-corrected chi connectivity index (χ4v) is 6.56. The molecule has 1 unspecified atom stereocenters. The summed E-state index contributed by atoms with van der Waals surface area (Å²) >= 11 is 1.40. The van der Waals surface area contributed by atoms with Crippen LogP contribution < -0.4 is 4.74 Å². The van der Waals surface area contributed by atoms with E-state index < -0.39 is 0 Å². The van der Waals surface area contributed by atoms with Crippen LogP contribution in [0, 0.1) is 11.7 Å². The van der Waals surface area contributed by atoms with Crippen LogP contribution in [0.15, 0.2) is 47.8 Å². The molecule has 1 atom stereocenters. The van der Waals surface area contributed by atoms with E-state index in [-0.39, 0.29) is 36.2 Å². The van der Waals surface area contributed by atoms with Crippen LogP contribution >= 0.6 is 11.3 Å². The van der Waals surface area contributed by atoms with Crippen molar-refractivity contribution in [1.82, 2.24) is 14.8 Å². The van der Waals surface area contributed by atoms with E-state index in [0.717, 1.165) is 48.2 Å². The van der Waals surface area contributed by atoms with E-state index in [9.17, 15) is 14.0 Å². The van der Waals surface area contributed by atoms with E-state index in [0.29, 0.717) is 44.3 Å². The van der Waals surface area contributed by atoms with E-state index in [1.807, 2.05) is 17.0 Å². The number of halogens is 1. The van der Waals surface area contributed by atoms with Crippen molar-refractivity contribution >= 4 is 23.2 Å². The highest BCUT2D eigenvalue weighted by Crippen LogP contribution is 2.40. The van der Waals surface area contributed by atoms with Gasteiger partial charge in [0.2, 0.25) is 5.91 Å². The maximum atomic E-state index is 13.8. The van der Waals surface area contributed by atoms with E-state index in [2.05, 4.69) is 11.1 Å². The normalized spacial score (nSPS) is 19.7. The Balaban J connectivity index is 1.22. The zero-order valence-corrected chi connectivity index (χ0v) is 22.6. The van der Waals surface area contributed by atoms with Gasteiger partial charge in [0.1, 0.15) is 28.9 Å². The van der Waals surface area contributed by atoms with Gasteiger partial charge in [0.15, 0.2) is 0 Å². The molecule has 204 valence electrons. The lowest BCUT2D eigenvalue weighted by Crippen LogP contribution is -2.43. The Hall–Kier alpha value is -3.30. The molecular weight excluding hydrogens is 517 g/mol.